The third-order valence-corrected chi connectivity index (χ3v) is 12.8. The molecule has 1 fully saturated rings. The summed E-state index contributed by atoms with van der Waals surface area (Å²) in [7, 11) is -16.6. The second-order valence-electron chi connectivity index (χ2n) is 16.7. The van der Waals surface area contributed by atoms with Crippen molar-refractivity contribution in [3.05, 3.63) is 24.3 Å². The van der Waals surface area contributed by atoms with Crippen molar-refractivity contribution in [3.63, 3.8) is 0 Å². The lowest BCUT2D eigenvalue weighted by atomic mass is 9.85. The number of phosphoric ester groups is 3. The summed E-state index contributed by atoms with van der Waals surface area (Å²) in [5, 5.41) is 31.8. The minimum Gasteiger partial charge on any atom is -0.462 e. The van der Waals surface area contributed by atoms with Gasteiger partial charge in [-0.3, -0.25) is 27.7 Å². The summed E-state index contributed by atoms with van der Waals surface area (Å²) in [4.78, 5) is 73.1. The molecule has 0 saturated heterocycles. The van der Waals surface area contributed by atoms with Gasteiger partial charge in [0.05, 0.1) is 6.61 Å². The van der Waals surface area contributed by atoms with E-state index in [2.05, 4.69) is 47.2 Å². The van der Waals surface area contributed by atoms with E-state index in [1.807, 2.05) is 0 Å². The Balaban J connectivity index is 2.75. The second-order valence-corrected chi connectivity index (χ2v) is 20.5. The fourth-order valence-electron chi connectivity index (χ4n) is 7.16. The van der Waals surface area contributed by atoms with Gasteiger partial charge in [-0.05, 0) is 64.2 Å². The van der Waals surface area contributed by atoms with E-state index in [1.165, 1.54) is 51.4 Å². The normalized spacial score (nSPS) is 22.1. The SMILES string of the molecule is CCCCCCC=CCCCCCCCCCC(=O)O[C@H](COC(=O)CCCCCCCC=CCCCCCC)COP(=O)(O)O[C@H]1C(O)C(O)C(OP(=O)(O)O)[C@@H](OP(=O)(O)O)C1O. The van der Waals surface area contributed by atoms with E-state index in [0.29, 0.717) is 12.8 Å². The average Bonchev–Trinajstić information content (AvgIpc) is 3.23. The molecule has 8 atom stereocenters. The van der Waals surface area contributed by atoms with Crippen molar-refractivity contribution in [2.24, 2.45) is 0 Å². The average molecular weight is 995 g/mol. The van der Waals surface area contributed by atoms with Gasteiger partial charge < -0.3 is 49.3 Å². The lowest BCUT2D eigenvalue weighted by molar-refractivity contribution is -0.213. The Kier molecular flexibility index (Phi) is 33.9. The second kappa shape index (κ2) is 35.7. The van der Waals surface area contributed by atoms with Crippen molar-refractivity contribution in [2.45, 2.75) is 224 Å². The predicted molar refractivity (Wildman–Crippen MR) is 243 cm³/mol. The lowest BCUT2D eigenvalue weighted by Gasteiger charge is -2.44. The number of hydrogen-bond donors (Lipinski definition) is 8. The molecule has 0 aromatic carbocycles. The number of allylic oxidation sites excluding steroid dienone is 4. The Hall–Kier alpha value is -1.37. The molecule has 0 aromatic rings. The molecule has 0 heterocycles. The Morgan fingerprint density at radius 3 is 1.28 bits per heavy atom. The number of esters is 2. The molecule has 22 heteroatoms. The van der Waals surface area contributed by atoms with Crippen molar-refractivity contribution < 1.29 is 90.6 Å². The maximum absolute atomic E-state index is 13.1. The molecule has 8 N–H and O–H groups in total. The first-order valence-corrected chi connectivity index (χ1v) is 28.2. The molecule has 0 aliphatic heterocycles. The van der Waals surface area contributed by atoms with Crippen molar-refractivity contribution in [1.29, 1.82) is 0 Å². The highest BCUT2D eigenvalue weighted by atomic mass is 31.2. The molecular formula is C43H81O19P3. The van der Waals surface area contributed by atoms with E-state index in [9.17, 15) is 63.1 Å². The van der Waals surface area contributed by atoms with Crippen LogP contribution in [0.3, 0.4) is 0 Å². The fourth-order valence-corrected chi connectivity index (χ4v) is 9.26. The Morgan fingerprint density at radius 1 is 0.477 bits per heavy atom. The Morgan fingerprint density at radius 2 is 0.846 bits per heavy atom. The molecule has 0 aromatic heterocycles. The minimum absolute atomic E-state index is 0.00725. The molecule has 0 spiro atoms. The number of unbranched alkanes of at least 4 members (excludes halogenated alkanes) is 20. The standard InChI is InChI=1S/C43H81O19P3/c1-3-5-7-9-11-13-15-17-18-20-22-24-26-28-30-32-37(45)59-35(33-57-36(44)31-29-27-25-23-21-19-16-14-12-10-8-6-4-2)34-58-65(55,56)62-41-38(46)39(47)42(60-63(49,50)51)43(40(41)48)61-64(52,53)54/h13-16,35,38-43,46-48H,3-12,17-34H2,1-2H3,(H,55,56)(H2,49,50,51)(H2,52,53,54)/t35-,38?,39?,40?,41+,42?,43+/m1/s1. The monoisotopic (exact) mass is 994 g/mol. The molecule has 1 aliphatic rings. The van der Waals surface area contributed by atoms with Crippen LogP contribution >= 0.6 is 23.5 Å². The highest BCUT2D eigenvalue weighted by Gasteiger charge is 2.56. The van der Waals surface area contributed by atoms with E-state index < -0.39 is 91.3 Å². The third-order valence-electron chi connectivity index (χ3n) is 10.7. The summed E-state index contributed by atoms with van der Waals surface area (Å²) >= 11 is 0. The highest BCUT2D eigenvalue weighted by Crippen LogP contribution is 2.51. The number of carbonyl (C=O) groups is 2. The van der Waals surface area contributed by atoms with Crippen LogP contribution in [0.25, 0.3) is 0 Å². The number of phosphoric acid groups is 3. The maximum atomic E-state index is 13.1. The van der Waals surface area contributed by atoms with Gasteiger partial charge >= 0.3 is 35.4 Å². The van der Waals surface area contributed by atoms with E-state index in [-0.39, 0.29) is 12.8 Å². The van der Waals surface area contributed by atoms with Crippen LogP contribution < -0.4 is 0 Å². The van der Waals surface area contributed by atoms with Crippen LogP contribution in [-0.4, -0.2) is 108 Å². The van der Waals surface area contributed by atoms with Gasteiger partial charge in [0.25, 0.3) is 0 Å². The van der Waals surface area contributed by atoms with Gasteiger partial charge in [0.15, 0.2) is 6.10 Å². The first-order chi connectivity index (χ1) is 30.8. The van der Waals surface area contributed by atoms with E-state index >= 15 is 0 Å². The van der Waals surface area contributed by atoms with Gasteiger partial charge in [0.2, 0.25) is 0 Å². The molecule has 0 radical (unpaired) electrons. The van der Waals surface area contributed by atoms with Gasteiger partial charge in [-0.2, -0.15) is 0 Å². The zero-order chi connectivity index (χ0) is 48.6. The summed E-state index contributed by atoms with van der Waals surface area (Å²) < 4.78 is 65.4. The number of aliphatic hydroxyl groups is 3. The van der Waals surface area contributed by atoms with Crippen LogP contribution in [0.2, 0.25) is 0 Å². The molecule has 19 nitrogen and oxygen atoms in total. The maximum Gasteiger partial charge on any atom is 0.472 e. The highest BCUT2D eigenvalue weighted by molar-refractivity contribution is 7.47. The zero-order valence-corrected chi connectivity index (χ0v) is 41.2. The number of aliphatic hydroxyl groups excluding tert-OH is 3. The van der Waals surface area contributed by atoms with E-state index in [0.717, 1.165) is 89.9 Å². The first-order valence-electron chi connectivity index (χ1n) is 23.6. The molecule has 0 amide bonds. The molecule has 1 aliphatic carbocycles. The van der Waals surface area contributed by atoms with E-state index in [1.54, 1.807) is 0 Å². The summed E-state index contributed by atoms with van der Waals surface area (Å²) in [6, 6.07) is 0. The summed E-state index contributed by atoms with van der Waals surface area (Å²) in [6.07, 6.45) is 17.7. The van der Waals surface area contributed by atoms with Crippen molar-refractivity contribution in [2.75, 3.05) is 13.2 Å². The minimum atomic E-state index is -5.60. The van der Waals surface area contributed by atoms with Crippen LogP contribution in [0.1, 0.15) is 181 Å². The number of carbonyl (C=O) groups excluding carboxylic acids is 2. The zero-order valence-electron chi connectivity index (χ0n) is 38.6. The van der Waals surface area contributed by atoms with Crippen molar-refractivity contribution >= 4 is 35.4 Å². The van der Waals surface area contributed by atoms with Crippen LogP contribution in [0, 0.1) is 0 Å². The summed E-state index contributed by atoms with van der Waals surface area (Å²) in [5.74, 6) is -1.31. The molecule has 0 bridgehead atoms. The molecule has 1 saturated carbocycles. The van der Waals surface area contributed by atoms with Gasteiger partial charge in [-0.1, -0.05) is 128 Å². The predicted octanol–water partition coefficient (Wildman–Crippen LogP) is 8.29. The van der Waals surface area contributed by atoms with Crippen molar-refractivity contribution in [3.8, 4) is 0 Å². The summed E-state index contributed by atoms with van der Waals surface area (Å²) in [6.45, 7) is 2.90. The van der Waals surface area contributed by atoms with Gasteiger partial charge in [-0.25, -0.2) is 13.7 Å². The number of hydrogen-bond acceptors (Lipinski definition) is 14. The quantitative estimate of drug-likeness (QED) is 0.0124. The van der Waals surface area contributed by atoms with Crippen LogP contribution in [0.4, 0.5) is 0 Å². The summed E-state index contributed by atoms with van der Waals surface area (Å²) in [5.41, 5.74) is 0. The van der Waals surface area contributed by atoms with Gasteiger partial charge in [0, 0.05) is 12.8 Å². The third kappa shape index (κ3) is 32.1. The van der Waals surface area contributed by atoms with Gasteiger partial charge in [0.1, 0.15) is 43.2 Å². The smallest absolute Gasteiger partial charge is 0.462 e. The van der Waals surface area contributed by atoms with Crippen LogP contribution in [-0.2, 0) is 50.9 Å². The molecular weight excluding hydrogens is 913 g/mol. The molecule has 1 rings (SSSR count). The first kappa shape index (κ1) is 61.6. The number of ether oxygens (including phenoxy) is 2. The van der Waals surface area contributed by atoms with Gasteiger partial charge in [-0.15, -0.1) is 0 Å². The fraction of sp³-hybridized carbons (Fsp3) is 0.860. The molecule has 382 valence electrons. The van der Waals surface area contributed by atoms with Crippen LogP contribution in [0.15, 0.2) is 24.3 Å². The lowest BCUT2D eigenvalue weighted by Crippen LogP contribution is -2.65. The largest absolute Gasteiger partial charge is 0.472 e. The molecule has 5 unspecified atom stereocenters. The van der Waals surface area contributed by atoms with Crippen LogP contribution in [0.5, 0.6) is 0 Å². The number of rotatable bonds is 40. The topological polar surface area (TPSA) is 303 Å². The Labute approximate surface area is 386 Å². The van der Waals surface area contributed by atoms with E-state index in [4.69, 9.17) is 18.5 Å². The Bertz CT molecular complexity index is 1470. The van der Waals surface area contributed by atoms with Crippen molar-refractivity contribution in [1.82, 2.24) is 0 Å². The molecule has 65 heavy (non-hydrogen) atoms.